The van der Waals surface area contributed by atoms with Crippen molar-refractivity contribution in [2.75, 3.05) is 6.54 Å². The van der Waals surface area contributed by atoms with Crippen LogP contribution in [0.15, 0.2) is 52.1 Å². The van der Waals surface area contributed by atoms with Crippen molar-refractivity contribution in [2.45, 2.75) is 6.92 Å². The minimum absolute atomic E-state index is 0.499. The molecule has 0 aliphatic carbocycles. The van der Waals surface area contributed by atoms with Gasteiger partial charge in [0.1, 0.15) is 18.6 Å². The van der Waals surface area contributed by atoms with Crippen LogP contribution >= 0.6 is 0 Å². The van der Waals surface area contributed by atoms with Crippen LogP contribution in [-0.2, 0) is 0 Å². The SMILES string of the molecule is Cc1cc(C#CC/N=C/c2ccccc2)co1. The standard InChI is InChI=1S/C15H13NO/c1-13-10-15(12-17-13)8-5-9-16-11-14-6-3-2-4-7-14/h2-4,6-7,10-12H,9H2,1H3/b16-11+. The van der Waals surface area contributed by atoms with E-state index in [0.717, 1.165) is 16.9 Å². The molecular weight excluding hydrogens is 210 g/mol. The van der Waals surface area contributed by atoms with Gasteiger partial charge in [-0.25, -0.2) is 0 Å². The summed E-state index contributed by atoms with van der Waals surface area (Å²) in [4.78, 5) is 4.23. The van der Waals surface area contributed by atoms with Crippen LogP contribution in [0.4, 0.5) is 0 Å². The van der Waals surface area contributed by atoms with Gasteiger partial charge in [0.05, 0.1) is 5.56 Å². The molecule has 0 aliphatic heterocycles. The Morgan fingerprint density at radius 2 is 2.12 bits per heavy atom. The zero-order valence-electron chi connectivity index (χ0n) is 9.68. The molecule has 0 saturated heterocycles. The molecule has 0 fully saturated rings. The molecule has 0 aliphatic rings. The summed E-state index contributed by atoms with van der Waals surface area (Å²) < 4.78 is 5.15. The van der Waals surface area contributed by atoms with Crippen LogP contribution in [0.25, 0.3) is 0 Å². The lowest BCUT2D eigenvalue weighted by Gasteiger charge is -1.88. The summed E-state index contributed by atoms with van der Waals surface area (Å²) in [6.45, 7) is 2.40. The maximum atomic E-state index is 5.15. The zero-order chi connectivity index (χ0) is 11.9. The normalized spacial score (nSPS) is 10.2. The van der Waals surface area contributed by atoms with Crippen LogP contribution in [0, 0.1) is 18.8 Å². The van der Waals surface area contributed by atoms with Crippen LogP contribution in [0.2, 0.25) is 0 Å². The van der Waals surface area contributed by atoms with E-state index < -0.39 is 0 Å². The fraction of sp³-hybridized carbons (Fsp3) is 0.133. The highest BCUT2D eigenvalue weighted by Crippen LogP contribution is 2.03. The predicted octanol–water partition coefficient (Wildman–Crippen LogP) is 3.06. The lowest BCUT2D eigenvalue weighted by Crippen LogP contribution is -1.81. The van der Waals surface area contributed by atoms with Gasteiger partial charge in [0, 0.05) is 6.21 Å². The van der Waals surface area contributed by atoms with Crippen molar-refractivity contribution in [3.63, 3.8) is 0 Å². The Morgan fingerprint density at radius 3 is 2.82 bits per heavy atom. The summed E-state index contributed by atoms with van der Waals surface area (Å²) in [6.07, 6.45) is 3.48. The first-order valence-electron chi connectivity index (χ1n) is 5.43. The maximum Gasteiger partial charge on any atom is 0.106 e. The summed E-state index contributed by atoms with van der Waals surface area (Å²) in [6, 6.07) is 11.9. The van der Waals surface area contributed by atoms with E-state index >= 15 is 0 Å². The van der Waals surface area contributed by atoms with Crippen molar-refractivity contribution in [3.8, 4) is 11.8 Å². The topological polar surface area (TPSA) is 25.5 Å². The van der Waals surface area contributed by atoms with E-state index in [-0.39, 0.29) is 0 Å². The average molecular weight is 223 g/mol. The van der Waals surface area contributed by atoms with Gasteiger partial charge in [0.15, 0.2) is 0 Å². The van der Waals surface area contributed by atoms with Gasteiger partial charge < -0.3 is 4.42 Å². The fourth-order valence-electron chi connectivity index (χ4n) is 1.39. The third-order valence-electron chi connectivity index (χ3n) is 2.17. The maximum absolute atomic E-state index is 5.15. The molecule has 0 atom stereocenters. The molecule has 2 nitrogen and oxygen atoms in total. The monoisotopic (exact) mass is 223 g/mol. The van der Waals surface area contributed by atoms with Crippen LogP contribution in [0.3, 0.4) is 0 Å². The van der Waals surface area contributed by atoms with E-state index in [1.807, 2.05) is 49.5 Å². The molecule has 84 valence electrons. The van der Waals surface area contributed by atoms with Gasteiger partial charge in [-0.15, -0.1) is 0 Å². The van der Waals surface area contributed by atoms with Crippen LogP contribution in [-0.4, -0.2) is 12.8 Å². The largest absolute Gasteiger partial charge is 0.468 e. The molecule has 0 N–H and O–H groups in total. The molecule has 17 heavy (non-hydrogen) atoms. The highest BCUT2D eigenvalue weighted by atomic mass is 16.3. The lowest BCUT2D eigenvalue weighted by molar-refractivity contribution is 0.533. The number of aliphatic imine (C=N–C) groups is 1. The quantitative estimate of drug-likeness (QED) is 0.567. The molecular formula is C15H13NO. The zero-order valence-corrected chi connectivity index (χ0v) is 9.68. The molecule has 0 unspecified atom stereocenters. The molecule has 0 spiro atoms. The number of nitrogens with zero attached hydrogens (tertiary/aromatic N) is 1. The lowest BCUT2D eigenvalue weighted by atomic mass is 10.2. The molecule has 2 heteroatoms. The Labute approximate surface area is 101 Å². The van der Waals surface area contributed by atoms with Crippen molar-refractivity contribution in [3.05, 3.63) is 59.5 Å². The van der Waals surface area contributed by atoms with Crippen molar-refractivity contribution >= 4 is 6.21 Å². The molecule has 2 aromatic rings. The van der Waals surface area contributed by atoms with E-state index in [4.69, 9.17) is 4.42 Å². The van der Waals surface area contributed by atoms with Gasteiger partial charge in [-0.3, -0.25) is 4.99 Å². The van der Waals surface area contributed by atoms with Gasteiger partial charge in [-0.05, 0) is 18.6 Å². The van der Waals surface area contributed by atoms with E-state index in [1.54, 1.807) is 6.26 Å². The van der Waals surface area contributed by atoms with E-state index in [0.29, 0.717) is 6.54 Å². The molecule has 1 aromatic carbocycles. The summed E-state index contributed by atoms with van der Waals surface area (Å²) in [7, 11) is 0. The number of aryl methyl sites for hydroxylation is 1. The van der Waals surface area contributed by atoms with Gasteiger partial charge in [0.25, 0.3) is 0 Å². The Kier molecular flexibility index (Phi) is 3.77. The van der Waals surface area contributed by atoms with Crippen molar-refractivity contribution in [1.29, 1.82) is 0 Å². The second kappa shape index (κ2) is 5.72. The first kappa shape index (κ1) is 11.2. The Morgan fingerprint density at radius 1 is 1.29 bits per heavy atom. The van der Waals surface area contributed by atoms with Crippen LogP contribution in [0.5, 0.6) is 0 Å². The molecule has 1 heterocycles. The minimum Gasteiger partial charge on any atom is -0.468 e. The highest BCUT2D eigenvalue weighted by molar-refractivity contribution is 5.79. The number of hydrogen-bond donors (Lipinski definition) is 0. The first-order chi connectivity index (χ1) is 8.34. The third-order valence-corrected chi connectivity index (χ3v) is 2.17. The summed E-state index contributed by atoms with van der Waals surface area (Å²) in [5.41, 5.74) is 1.99. The summed E-state index contributed by atoms with van der Waals surface area (Å²) in [5.74, 6) is 6.85. The highest BCUT2D eigenvalue weighted by Gasteiger charge is 1.90. The first-order valence-corrected chi connectivity index (χ1v) is 5.43. The molecule has 0 radical (unpaired) electrons. The Bertz CT molecular complexity index is 555. The molecule has 0 saturated carbocycles. The molecule has 0 amide bonds. The fourth-order valence-corrected chi connectivity index (χ4v) is 1.39. The van der Waals surface area contributed by atoms with E-state index in [9.17, 15) is 0 Å². The average Bonchev–Trinajstić information content (AvgIpc) is 2.76. The number of rotatable bonds is 2. The number of furan rings is 1. The Balaban J connectivity index is 1.88. The molecule has 2 rings (SSSR count). The van der Waals surface area contributed by atoms with Gasteiger partial charge in [-0.1, -0.05) is 42.2 Å². The smallest absolute Gasteiger partial charge is 0.106 e. The van der Waals surface area contributed by atoms with Gasteiger partial charge in [-0.2, -0.15) is 0 Å². The van der Waals surface area contributed by atoms with Crippen LogP contribution in [0.1, 0.15) is 16.9 Å². The third kappa shape index (κ3) is 3.66. The van der Waals surface area contributed by atoms with E-state index in [2.05, 4.69) is 16.8 Å². The second-order valence-corrected chi connectivity index (χ2v) is 3.63. The van der Waals surface area contributed by atoms with Crippen LogP contribution < -0.4 is 0 Å². The van der Waals surface area contributed by atoms with Gasteiger partial charge >= 0.3 is 0 Å². The summed E-state index contributed by atoms with van der Waals surface area (Å²) >= 11 is 0. The number of benzene rings is 1. The summed E-state index contributed by atoms with van der Waals surface area (Å²) in [5, 5.41) is 0. The van der Waals surface area contributed by atoms with Crippen molar-refractivity contribution in [1.82, 2.24) is 0 Å². The molecule has 0 bridgehead atoms. The Hall–Kier alpha value is -2.27. The molecule has 1 aromatic heterocycles. The predicted molar refractivity (Wildman–Crippen MR) is 69.2 cm³/mol. The van der Waals surface area contributed by atoms with Gasteiger partial charge in [0.2, 0.25) is 0 Å². The minimum atomic E-state index is 0.499. The van der Waals surface area contributed by atoms with Crippen molar-refractivity contribution in [2.24, 2.45) is 4.99 Å². The second-order valence-electron chi connectivity index (χ2n) is 3.63. The van der Waals surface area contributed by atoms with E-state index in [1.165, 1.54) is 0 Å². The number of hydrogen-bond acceptors (Lipinski definition) is 2. The van der Waals surface area contributed by atoms with Crippen molar-refractivity contribution < 1.29 is 4.42 Å².